The molecule has 1 N–H and O–H groups in total. The predicted octanol–water partition coefficient (Wildman–Crippen LogP) is 4.59. The van der Waals surface area contributed by atoms with Crippen molar-refractivity contribution in [1.82, 2.24) is 10.2 Å². The molecular formula is C27H30BrN3O4S. The Morgan fingerprint density at radius 3 is 1.97 bits per heavy atom. The maximum atomic E-state index is 13.7. The van der Waals surface area contributed by atoms with Crippen LogP contribution in [0.3, 0.4) is 0 Å². The summed E-state index contributed by atoms with van der Waals surface area (Å²) in [5, 5.41) is 2.84. The number of hydrogen-bond donors (Lipinski definition) is 1. The summed E-state index contributed by atoms with van der Waals surface area (Å²) in [7, 11) is -4.05. The summed E-state index contributed by atoms with van der Waals surface area (Å²) >= 11 is 3.40. The second kappa shape index (κ2) is 12.2. The zero-order valence-corrected chi connectivity index (χ0v) is 22.9. The van der Waals surface area contributed by atoms with E-state index in [-0.39, 0.29) is 23.4 Å². The molecule has 1 atom stereocenters. The van der Waals surface area contributed by atoms with Crippen molar-refractivity contribution in [3.8, 4) is 0 Å². The van der Waals surface area contributed by atoms with E-state index in [1.54, 1.807) is 55.5 Å². The number of carbonyl (C=O) groups excluding carboxylic acids is 2. The van der Waals surface area contributed by atoms with Crippen LogP contribution in [0.4, 0.5) is 5.69 Å². The molecule has 36 heavy (non-hydrogen) atoms. The molecule has 0 saturated heterocycles. The summed E-state index contributed by atoms with van der Waals surface area (Å²) in [4.78, 5) is 28.1. The number of hydrogen-bond acceptors (Lipinski definition) is 4. The first-order valence-electron chi connectivity index (χ1n) is 11.6. The molecular weight excluding hydrogens is 542 g/mol. The number of nitrogens with one attached hydrogen (secondary N) is 1. The Kier molecular flexibility index (Phi) is 9.28. The van der Waals surface area contributed by atoms with Gasteiger partial charge in [-0.15, -0.1) is 0 Å². The third-order valence-corrected chi connectivity index (χ3v) is 7.84. The van der Waals surface area contributed by atoms with Crippen LogP contribution >= 0.6 is 15.9 Å². The van der Waals surface area contributed by atoms with Gasteiger partial charge >= 0.3 is 0 Å². The largest absolute Gasteiger partial charge is 0.352 e. The van der Waals surface area contributed by atoms with E-state index in [1.165, 1.54) is 17.0 Å². The SMILES string of the molecule is CC(C)NC(=O)[C@@H](C)N(Cc1ccc(Br)cc1)C(=O)CN(c1ccccc1)S(=O)(=O)c1ccccc1. The van der Waals surface area contributed by atoms with E-state index >= 15 is 0 Å². The Hall–Kier alpha value is -3.17. The van der Waals surface area contributed by atoms with Gasteiger partial charge in [-0.3, -0.25) is 13.9 Å². The third kappa shape index (κ3) is 6.95. The van der Waals surface area contributed by atoms with Crippen molar-refractivity contribution in [3.63, 3.8) is 0 Å². The van der Waals surface area contributed by atoms with Crippen LogP contribution in [0.25, 0.3) is 0 Å². The maximum absolute atomic E-state index is 13.7. The molecule has 0 aliphatic heterocycles. The van der Waals surface area contributed by atoms with Gasteiger partial charge in [0.05, 0.1) is 10.6 Å². The van der Waals surface area contributed by atoms with Crippen molar-refractivity contribution in [2.24, 2.45) is 0 Å². The van der Waals surface area contributed by atoms with Crippen LogP contribution in [-0.4, -0.2) is 43.8 Å². The molecule has 0 saturated carbocycles. The molecule has 3 rings (SSSR count). The molecule has 190 valence electrons. The van der Waals surface area contributed by atoms with Crippen LogP contribution in [0.15, 0.2) is 94.3 Å². The van der Waals surface area contributed by atoms with Crippen molar-refractivity contribution in [1.29, 1.82) is 0 Å². The number of nitrogens with zero attached hydrogens (tertiary/aromatic N) is 2. The van der Waals surface area contributed by atoms with Crippen LogP contribution in [0.1, 0.15) is 26.3 Å². The van der Waals surface area contributed by atoms with Crippen LogP contribution in [0.5, 0.6) is 0 Å². The lowest BCUT2D eigenvalue weighted by Crippen LogP contribution is -2.52. The molecule has 3 aromatic carbocycles. The van der Waals surface area contributed by atoms with Crippen molar-refractivity contribution in [2.75, 3.05) is 10.8 Å². The van der Waals surface area contributed by atoms with Crippen LogP contribution in [0, 0.1) is 0 Å². The summed E-state index contributed by atoms with van der Waals surface area (Å²) < 4.78 is 29.2. The Bertz CT molecular complexity index is 1270. The minimum absolute atomic E-state index is 0.0757. The summed E-state index contributed by atoms with van der Waals surface area (Å²) in [5.41, 5.74) is 1.17. The minimum Gasteiger partial charge on any atom is -0.352 e. The van der Waals surface area contributed by atoms with Gasteiger partial charge in [0.2, 0.25) is 11.8 Å². The molecule has 2 amide bonds. The molecule has 0 bridgehead atoms. The first-order chi connectivity index (χ1) is 17.1. The molecule has 3 aromatic rings. The molecule has 0 fully saturated rings. The number of halogens is 1. The highest BCUT2D eigenvalue weighted by molar-refractivity contribution is 9.10. The first-order valence-corrected chi connectivity index (χ1v) is 13.8. The van der Waals surface area contributed by atoms with Gasteiger partial charge in [0, 0.05) is 17.1 Å². The number of carbonyl (C=O) groups is 2. The van der Waals surface area contributed by atoms with Gasteiger partial charge in [0.1, 0.15) is 12.6 Å². The Labute approximate surface area is 221 Å². The van der Waals surface area contributed by atoms with E-state index in [4.69, 9.17) is 0 Å². The van der Waals surface area contributed by atoms with Crippen molar-refractivity contribution in [3.05, 3.63) is 95.0 Å². The normalized spacial score (nSPS) is 12.1. The average molecular weight is 573 g/mol. The van der Waals surface area contributed by atoms with Crippen LogP contribution in [0.2, 0.25) is 0 Å². The van der Waals surface area contributed by atoms with E-state index in [1.807, 2.05) is 38.1 Å². The number of para-hydroxylation sites is 1. The van der Waals surface area contributed by atoms with Crippen molar-refractivity contribution >= 4 is 43.5 Å². The van der Waals surface area contributed by atoms with Gasteiger partial charge in [-0.05, 0) is 62.7 Å². The molecule has 0 spiro atoms. The summed E-state index contributed by atoms with van der Waals surface area (Å²) in [6.45, 7) is 5.01. The highest BCUT2D eigenvalue weighted by atomic mass is 79.9. The van der Waals surface area contributed by atoms with E-state index < -0.39 is 28.5 Å². The fourth-order valence-electron chi connectivity index (χ4n) is 3.62. The minimum atomic E-state index is -4.05. The fourth-order valence-corrected chi connectivity index (χ4v) is 5.32. The zero-order valence-electron chi connectivity index (χ0n) is 20.5. The van der Waals surface area contributed by atoms with Gasteiger partial charge in [0.15, 0.2) is 0 Å². The Balaban J connectivity index is 1.98. The first kappa shape index (κ1) is 27.4. The fraction of sp³-hybridized carbons (Fsp3) is 0.259. The topological polar surface area (TPSA) is 86.8 Å². The number of sulfonamides is 1. The van der Waals surface area contributed by atoms with Gasteiger partial charge < -0.3 is 10.2 Å². The third-order valence-electron chi connectivity index (χ3n) is 5.52. The molecule has 0 radical (unpaired) electrons. The lowest BCUT2D eigenvalue weighted by Gasteiger charge is -2.32. The highest BCUT2D eigenvalue weighted by Crippen LogP contribution is 2.24. The van der Waals surface area contributed by atoms with Gasteiger partial charge in [-0.1, -0.05) is 64.5 Å². The summed E-state index contributed by atoms with van der Waals surface area (Å²) in [6.07, 6.45) is 0. The second-order valence-corrected chi connectivity index (χ2v) is 11.4. The Morgan fingerprint density at radius 1 is 0.861 bits per heavy atom. The summed E-state index contributed by atoms with van der Waals surface area (Å²) in [6, 6.07) is 23.0. The average Bonchev–Trinajstić information content (AvgIpc) is 2.87. The summed E-state index contributed by atoms with van der Waals surface area (Å²) in [5.74, 6) is -0.805. The van der Waals surface area contributed by atoms with Gasteiger partial charge in [0.25, 0.3) is 10.0 Å². The Morgan fingerprint density at radius 2 is 1.42 bits per heavy atom. The number of benzene rings is 3. The lowest BCUT2D eigenvalue weighted by molar-refractivity contribution is -0.139. The molecule has 0 aliphatic carbocycles. The number of anilines is 1. The molecule has 0 aliphatic rings. The van der Waals surface area contributed by atoms with E-state index in [0.29, 0.717) is 5.69 Å². The second-order valence-electron chi connectivity index (χ2n) is 8.65. The zero-order chi connectivity index (χ0) is 26.3. The van der Waals surface area contributed by atoms with Crippen molar-refractivity contribution < 1.29 is 18.0 Å². The van der Waals surface area contributed by atoms with Crippen molar-refractivity contribution in [2.45, 2.75) is 44.3 Å². The smallest absolute Gasteiger partial charge is 0.264 e. The monoisotopic (exact) mass is 571 g/mol. The number of amides is 2. The van der Waals surface area contributed by atoms with E-state index in [2.05, 4.69) is 21.2 Å². The predicted molar refractivity (Wildman–Crippen MR) is 145 cm³/mol. The molecule has 7 nitrogen and oxygen atoms in total. The quantitative estimate of drug-likeness (QED) is 0.385. The standard InChI is InChI=1S/C27H30BrN3O4S/c1-20(2)29-27(33)21(3)30(18-22-14-16-23(28)17-15-22)26(32)19-31(24-10-6-4-7-11-24)36(34,35)25-12-8-5-9-13-25/h4-17,20-21H,18-19H2,1-3H3,(H,29,33)/t21-/m1/s1. The van der Waals surface area contributed by atoms with E-state index in [9.17, 15) is 18.0 Å². The molecule has 0 unspecified atom stereocenters. The van der Waals surface area contributed by atoms with Crippen LogP contribution < -0.4 is 9.62 Å². The van der Waals surface area contributed by atoms with E-state index in [0.717, 1.165) is 14.3 Å². The maximum Gasteiger partial charge on any atom is 0.264 e. The molecule has 0 aromatic heterocycles. The lowest BCUT2D eigenvalue weighted by atomic mass is 10.1. The number of rotatable bonds is 10. The van der Waals surface area contributed by atoms with Gasteiger partial charge in [-0.25, -0.2) is 8.42 Å². The molecule has 9 heteroatoms. The molecule has 0 heterocycles. The highest BCUT2D eigenvalue weighted by Gasteiger charge is 2.32. The van der Waals surface area contributed by atoms with Crippen LogP contribution in [-0.2, 0) is 26.2 Å². The van der Waals surface area contributed by atoms with Gasteiger partial charge in [-0.2, -0.15) is 0 Å².